The van der Waals surface area contributed by atoms with E-state index < -0.39 is 11.6 Å². The van der Waals surface area contributed by atoms with Gasteiger partial charge in [-0.1, -0.05) is 24.3 Å². The molecule has 0 aliphatic rings. The molecular formula is C16H15F2NO2. The van der Waals surface area contributed by atoms with E-state index in [1.54, 1.807) is 24.3 Å². The predicted octanol–water partition coefficient (Wildman–Crippen LogP) is 2.57. The van der Waals surface area contributed by atoms with Crippen molar-refractivity contribution in [2.24, 2.45) is 0 Å². The lowest BCUT2D eigenvalue weighted by molar-refractivity contribution is -0.120. The van der Waals surface area contributed by atoms with E-state index in [-0.39, 0.29) is 23.6 Å². The van der Waals surface area contributed by atoms with Crippen LogP contribution >= 0.6 is 0 Å². The maximum Gasteiger partial charge on any atom is 0.224 e. The van der Waals surface area contributed by atoms with Crippen molar-refractivity contribution in [3.8, 4) is 5.75 Å². The molecule has 0 aliphatic heterocycles. The van der Waals surface area contributed by atoms with Crippen LogP contribution in [0.2, 0.25) is 0 Å². The molecule has 2 aromatic carbocycles. The molecule has 5 heteroatoms. The minimum Gasteiger partial charge on any atom is -0.508 e. The highest BCUT2D eigenvalue weighted by Gasteiger charge is 2.11. The van der Waals surface area contributed by atoms with Gasteiger partial charge >= 0.3 is 0 Å². The fraction of sp³-hybridized carbons (Fsp3) is 0.188. The Balaban J connectivity index is 1.82. The van der Waals surface area contributed by atoms with Gasteiger partial charge in [-0.25, -0.2) is 8.78 Å². The lowest BCUT2D eigenvalue weighted by atomic mass is 10.1. The quantitative estimate of drug-likeness (QED) is 0.889. The summed E-state index contributed by atoms with van der Waals surface area (Å²) in [5.41, 5.74) is 1.00. The van der Waals surface area contributed by atoms with Crippen molar-refractivity contribution in [2.75, 3.05) is 6.54 Å². The number of rotatable bonds is 5. The molecule has 0 fully saturated rings. The van der Waals surface area contributed by atoms with Gasteiger partial charge in [0.2, 0.25) is 5.91 Å². The standard InChI is InChI=1S/C16H15F2NO2/c17-14-3-1-2-12(16(14)18)10-15(21)19-9-8-11-4-6-13(20)7-5-11/h1-7,20H,8-10H2,(H,19,21). The second kappa shape index (κ2) is 6.83. The van der Waals surface area contributed by atoms with Gasteiger partial charge in [-0.2, -0.15) is 0 Å². The second-order valence-electron chi connectivity index (χ2n) is 4.66. The minimum absolute atomic E-state index is 0.0390. The minimum atomic E-state index is -0.980. The van der Waals surface area contributed by atoms with Gasteiger partial charge in [-0.3, -0.25) is 4.79 Å². The summed E-state index contributed by atoms with van der Waals surface area (Å²) in [4.78, 5) is 11.7. The first-order chi connectivity index (χ1) is 10.1. The molecule has 0 radical (unpaired) electrons. The van der Waals surface area contributed by atoms with Crippen LogP contribution in [0.15, 0.2) is 42.5 Å². The number of phenolic OH excluding ortho intramolecular Hbond substituents is 1. The number of halogens is 2. The summed E-state index contributed by atoms with van der Waals surface area (Å²) in [6.45, 7) is 0.389. The van der Waals surface area contributed by atoms with Gasteiger partial charge in [0, 0.05) is 12.1 Å². The summed E-state index contributed by atoms with van der Waals surface area (Å²) in [6, 6.07) is 10.4. The summed E-state index contributed by atoms with van der Waals surface area (Å²) in [5, 5.41) is 11.8. The van der Waals surface area contributed by atoms with Gasteiger partial charge in [0.1, 0.15) is 5.75 Å². The Hall–Kier alpha value is -2.43. The number of carbonyl (C=O) groups excluding carboxylic acids is 1. The Kier molecular flexibility index (Phi) is 4.87. The third-order valence-electron chi connectivity index (χ3n) is 3.05. The number of amides is 1. The largest absolute Gasteiger partial charge is 0.508 e. The van der Waals surface area contributed by atoms with Crippen molar-refractivity contribution >= 4 is 5.91 Å². The first-order valence-electron chi connectivity index (χ1n) is 6.54. The second-order valence-corrected chi connectivity index (χ2v) is 4.66. The zero-order valence-electron chi connectivity index (χ0n) is 11.3. The molecule has 0 bridgehead atoms. The van der Waals surface area contributed by atoms with Crippen molar-refractivity contribution in [1.82, 2.24) is 5.32 Å². The van der Waals surface area contributed by atoms with Crippen LogP contribution in [-0.4, -0.2) is 17.6 Å². The molecule has 0 unspecified atom stereocenters. The van der Waals surface area contributed by atoms with Gasteiger partial charge in [-0.15, -0.1) is 0 Å². The number of benzene rings is 2. The predicted molar refractivity (Wildman–Crippen MR) is 74.9 cm³/mol. The Labute approximate surface area is 121 Å². The molecule has 0 aliphatic carbocycles. The van der Waals surface area contributed by atoms with Gasteiger partial charge in [0.25, 0.3) is 0 Å². The third kappa shape index (κ3) is 4.27. The number of nitrogens with one attached hydrogen (secondary N) is 1. The van der Waals surface area contributed by atoms with Crippen molar-refractivity contribution < 1.29 is 18.7 Å². The normalized spacial score (nSPS) is 10.4. The summed E-state index contributed by atoms with van der Waals surface area (Å²) in [7, 11) is 0. The molecule has 0 aromatic heterocycles. The van der Waals surface area contributed by atoms with Gasteiger partial charge < -0.3 is 10.4 Å². The summed E-state index contributed by atoms with van der Waals surface area (Å²) in [6.07, 6.45) is 0.400. The van der Waals surface area contributed by atoms with Gasteiger partial charge in [0.15, 0.2) is 11.6 Å². The van der Waals surface area contributed by atoms with Gasteiger partial charge in [-0.05, 0) is 30.2 Å². The maximum absolute atomic E-state index is 13.4. The highest BCUT2D eigenvalue weighted by Crippen LogP contribution is 2.12. The van der Waals surface area contributed by atoms with Crippen molar-refractivity contribution in [3.05, 3.63) is 65.2 Å². The van der Waals surface area contributed by atoms with Crippen molar-refractivity contribution in [1.29, 1.82) is 0 Å². The van der Waals surface area contributed by atoms with Crippen LogP contribution < -0.4 is 5.32 Å². The molecule has 110 valence electrons. The van der Waals surface area contributed by atoms with Crippen LogP contribution in [0.1, 0.15) is 11.1 Å². The average molecular weight is 291 g/mol. The Morgan fingerprint density at radius 1 is 1.10 bits per heavy atom. The SMILES string of the molecule is O=C(Cc1cccc(F)c1F)NCCc1ccc(O)cc1. The van der Waals surface area contributed by atoms with Crippen LogP contribution in [0.4, 0.5) is 8.78 Å². The van der Waals surface area contributed by atoms with E-state index in [4.69, 9.17) is 5.11 Å². The van der Waals surface area contributed by atoms with Crippen molar-refractivity contribution in [2.45, 2.75) is 12.8 Å². The number of hydrogen-bond donors (Lipinski definition) is 2. The van der Waals surface area contributed by atoms with E-state index in [9.17, 15) is 13.6 Å². The first kappa shape index (κ1) is 15.0. The average Bonchev–Trinajstić information content (AvgIpc) is 2.46. The molecule has 3 nitrogen and oxygen atoms in total. The number of hydrogen-bond acceptors (Lipinski definition) is 2. The Morgan fingerprint density at radius 3 is 2.52 bits per heavy atom. The molecule has 1 amide bonds. The van der Waals surface area contributed by atoms with E-state index in [1.165, 1.54) is 12.1 Å². The number of phenols is 1. The molecule has 0 heterocycles. The van der Waals surface area contributed by atoms with E-state index in [0.717, 1.165) is 11.6 Å². The topological polar surface area (TPSA) is 49.3 Å². The van der Waals surface area contributed by atoms with Gasteiger partial charge in [0.05, 0.1) is 6.42 Å². The molecule has 0 saturated heterocycles. The Bertz CT molecular complexity index is 627. The van der Waals surface area contributed by atoms with E-state index in [0.29, 0.717) is 13.0 Å². The number of aromatic hydroxyl groups is 1. The van der Waals surface area contributed by atoms with E-state index >= 15 is 0 Å². The zero-order valence-corrected chi connectivity index (χ0v) is 11.3. The molecule has 2 rings (SSSR count). The smallest absolute Gasteiger partial charge is 0.224 e. The summed E-state index contributed by atoms with van der Waals surface area (Å²) < 4.78 is 26.4. The molecule has 21 heavy (non-hydrogen) atoms. The highest BCUT2D eigenvalue weighted by molar-refractivity contribution is 5.78. The van der Waals surface area contributed by atoms with Crippen LogP contribution in [0.5, 0.6) is 5.75 Å². The lowest BCUT2D eigenvalue weighted by Crippen LogP contribution is -2.27. The number of carbonyl (C=O) groups is 1. The summed E-state index contributed by atoms with van der Waals surface area (Å²) in [5.74, 6) is -2.11. The fourth-order valence-corrected chi connectivity index (χ4v) is 1.93. The molecule has 0 atom stereocenters. The maximum atomic E-state index is 13.4. The molecule has 0 saturated carbocycles. The van der Waals surface area contributed by atoms with Crippen LogP contribution in [0, 0.1) is 11.6 Å². The van der Waals surface area contributed by atoms with Crippen LogP contribution in [-0.2, 0) is 17.6 Å². The van der Waals surface area contributed by atoms with Crippen LogP contribution in [0.25, 0.3) is 0 Å². The molecule has 2 N–H and O–H groups in total. The fourth-order valence-electron chi connectivity index (χ4n) is 1.93. The Morgan fingerprint density at radius 2 is 1.81 bits per heavy atom. The first-order valence-corrected chi connectivity index (χ1v) is 6.54. The molecular weight excluding hydrogens is 276 g/mol. The monoisotopic (exact) mass is 291 g/mol. The highest BCUT2D eigenvalue weighted by atomic mass is 19.2. The van der Waals surface area contributed by atoms with E-state index in [2.05, 4.69) is 5.32 Å². The molecule has 0 spiro atoms. The van der Waals surface area contributed by atoms with Crippen LogP contribution in [0.3, 0.4) is 0 Å². The third-order valence-corrected chi connectivity index (χ3v) is 3.05. The molecule has 2 aromatic rings. The summed E-state index contributed by atoms with van der Waals surface area (Å²) >= 11 is 0. The zero-order chi connectivity index (χ0) is 15.2. The lowest BCUT2D eigenvalue weighted by Gasteiger charge is -2.07. The van der Waals surface area contributed by atoms with Crippen molar-refractivity contribution in [3.63, 3.8) is 0 Å². The van der Waals surface area contributed by atoms with E-state index in [1.807, 2.05) is 0 Å².